The fourth-order valence-electron chi connectivity index (χ4n) is 2.44. The summed E-state index contributed by atoms with van der Waals surface area (Å²) in [5, 5.41) is 0. The topological polar surface area (TPSA) is 46.6 Å². The summed E-state index contributed by atoms with van der Waals surface area (Å²) in [5.74, 6) is -1.36. The van der Waals surface area contributed by atoms with Gasteiger partial charge >= 0.3 is 5.97 Å². The van der Waals surface area contributed by atoms with Gasteiger partial charge in [0.05, 0.1) is 7.11 Å². The number of hydrogen-bond acceptors (Lipinski definition) is 4. The first-order valence-corrected chi connectivity index (χ1v) is 6.65. The van der Waals surface area contributed by atoms with Gasteiger partial charge in [0, 0.05) is 12.1 Å². The molecule has 0 amide bonds. The molecule has 102 valence electrons. The van der Waals surface area contributed by atoms with Crippen molar-refractivity contribution in [1.82, 2.24) is 4.90 Å². The molecular weight excluding hydrogens is 242 g/mol. The van der Waals surface area contributed by atoms with Crippen molar-refractivity contribution in [1.29, 1.82) is 0 Å². The predicted octanol–water partition coefficient (Wildman–Crippen LogP) is 2.03. The van der Waals surface area contributed by atoms with E-state index in [-0.39, 0.29) is 0 Å². The van der Waals surface area contributed by atoms with Gasteiger partial charge in [0.15, 0.2) is 0 Å². The van der Waals surface area contributed by atoms with Crippen molar-refractivity contribution in [2.45, 2.75) is 25.8 Å². The Labute approximate surface area is 113 Å². The Hall–Kier alpha value is -1.68. The number of methoxy groups -OCH3 is 1. The molecule has 1 saturated heterocycles. The van der Waals surface area contributed by atoms with Gasteiger partial charge in [-0.3, -0.25) is 9.69 Å². The smallest absolute Gasteiger partial charge is 0.379 e. The van der Waals surface area contributed by atoms with Crippen LogP contribution in [-0.2, 0) is 16.1 Å². The third-order valence-electron chi connectivity index (χ3n) is 3.48. The molecule has 19 heavy (non-hydrogen) atoms. The largest absolute Gasteiger partial charge is 0.463 e. The summed E-state index contributed by atoms with van der Waals surface area (Å²) in [6.45, 7) is 2.83. The maximum absolute atomic E-state index is 11.9. The number of ketones is 1. The fourth-order valence-corrected chi connectivity index (χ4v) is 2.44. The lowest BCUT2D eigenvalue weighted by molar-refractivity contribution is -0.135. The summed E-state index contributed by atoms with van der Waals surface area (Å²) < 4.78 is 4.51. The van der Waals surface area contributed by atoms with E-state index in [9.17, 15) is 9.59 Å². The summed E-state index contributed by atoms with van der Waals surface area (Å²) in [7, 11) is 1.23. The van der Waals surface area contributed by atoms with Crippen LogP contribution in [0.5, 0.6) is 0 Å². The maximum atomic E-state index is 11.9. The van der Waals surface area contributed by atoms with Crippen molar-refractivity contribution in [3.05, 3.63) is 35.4 Å². The minimum absolute atomic E-state index is 0.458. The van der Waals surface area contributed by atoms with Crippen LogP contribution in [-0.4, -0.2) is 36.9 Å². The quantitative estimate of drug-likeness (QED) is 0.472. The summed E-state index contributed by atoms with van der Waals surface area (Å²) in [4.78, 5) is 25.6. The van der Waals surface area contributed by atoms with Crippen LogP contribution in [0.3, 0.4) is 0 Å². The van der Waals surface area contributed by atoms with Crippen molar-refractivity contribution in [3.63, 3.8) is 0 Å². The van der Waals surface area contributed by atoms with E-state index in [1.54, 1.807) is 12.1 Å². The van der Waals surface area contributed by atoms with Gasteiger partial charge in [-0.1, -0.05) is 30.7 Å². The van der Waals surface area contributed by atoms with Gasteiger partial charge in [-0.2, -0.15) is 0 Å². The van der Waals surface area contributed by atoms with Crippen LogP contribution in [0.15, 0.2) is 24.3 Å². The number of carbonyl (C=O) groups excluding carboxylic acids is 2. The minimum atomic E-state index is -0.800. The number of nitrogens with zero attached hydrogens (tertiary/aromatic N) is 1. The Balaban J connectivity index is 2.15. The van der Waals surface area contributed by atoms with E-state index in [0.717, 1.165) is 25.2 Å². The van der Waals surface area contributed by atoms with Gasteiger partial charge in [0.25, 0.3) is 5.78 Å². The Bertz CT molecular complexity index is 464. The van der Waals surface area contributed by atoms with Gasteiger partial charge in [-0.05, 0) is 31.5 Å². The van der Waals surface area contributed by atoms with Crippen LogP contribution < -0.4 is 0 Å². The average molecular weight is 261 g/mol. The lowest BCUT2D eigenvalue weighted by Gasteiger charge is -2.27. The average Bonchev–Trinajstić information content (AvgIpc) is 2.47. The molecule has 1 aliphatic heterocycles. The van der Waals surface area contributed by atoms with Gasteiger partial charge in [-0.25, -0.2) is 4.79 Å². The number of piperidine rings is 1. The second-order valence-corrected chi connectivity index (χ2v) is 4.81. The Kier molecular flexibility index (Phi) is 4.68. The van der Waals surface area contributed by atoms with Crippen LogP contribution in [0.1, 0.15) is 35.2 Å². The maximum Gasteiger partial charge on any atom is 0.379 e. The number of carbonyl (C=O) groups is 2. The monoisotopic (exact) mass is 261 g/mol. The van der Waals surface area contributed by atoms with Crippen molar-refractivity contribution in [2.24, 2.45) is 0 Å². The lowest BCUT2D eigenvalue weighted by atomic mass is 10.0. The van der Waals surface area contributed by atoms with Crippen LogP contribution in [0.2, 0.25) is 0 Å². The molecule has 0 unspecified atom stereocenters. The number of hydrogen-bond donors (Lipinski definition) is 0. The molecule has 0 aromatic heterocycles. The molecule has 1 aromatic carbocycles. The molecule has 4 nitrogen and oxygen atoms in total. The van der Waals surface area contributed by atoms with E-state index >= 15 is 0 Å². The summed E-state index contributed by atoms with van der Waals surface area (Å²) in [6, 6.07) is 7.27. The Morgan fingerprint density at radius 1 is 1.16 bits per heavy atom. The highest BCUT2D eigenvalue weighted by molar-refractivity contribution is 6.40. The van der Waals surface area contributed by atoms with Gasteiger partial charge in [0.2, 0.25) is 0 Å². The molecule has 0 spiro atoms. The molecule has 0 saturated carbocycles. The molecule has 0 bridgehead atoms. The van der Waals surface area contributed by atoms with Gasteiger partial charge in [0.1, 0.15) is 0 Å². The highest BCUT2D eigenvalue weighted by Gasteiger charge is 2.21. The third kappa shape index (κ3) is 3.41. The summed E-state index contributed by atoms with van der Waals surface area (Å²) >= 11 is 0. The van der Waals surface area contributed by atoms with Crippen LogP contribution >= 0.6 is 0 Å². The van der Waals surface area contributed by atoms with Crippen molar-refractivity contribution in [2.75, 3.05) is 20.2 Å². The van der Waals surface area contributed by atoms with Crippen molar-refractivity contribution in [3.8, 4) is 0 Å². The second-order valence-electron chi connectivity index (χ2n) is 4.81. The Morgan fingerprint density at radius 2 is 1.84 bits per heavy atom. The van der Waals surface area contributed by atoms with E-state index in [0.29, 0.717) is 5.56 Å². The molecule has 2 rings (SSSR count). The highest BCUT2D eigenvalue weighted by atomic mass is 16.5. The standard InChI is InChI=1S/C15H19NO3/c1-19-15(18)14(17)13-8-4-3-7-12(13)11-16-9-5-2-6-10-16/h3-4,7-8H,2,5-6,9-11H2,1H3. The van der Waals surface area contributed by atoms with E-state index < -0.39 is 11.8 Å². The van der Waals surface area contributed by atoms with E-state index in [2.05, 4.69) is 9.64 Å². The van der Waals surface area contributed by atoms with Crippen LogP contribution in [0.25, 0.3) is 0 Å². The molecule has 4 heteroatoms. The first-order chi connectivity index (χ1) is 9.22. The molecule has 0 radical (unpaired) electrons. The Morgan fingerprint density at radius 3 is 2.53 bits per heavy atom. The second kappa shape index (κ2) is 6.48. The van der Waals surface area contributed by atoms with Crippen molar-refractivity contribution < 1.29 is 14.3 Å². The van der Waals surface area contributed by atoms with E-state index in [1.807, 2.05) is 12.1 Å². The zero-order chi connectivity index (χ0) is 13.7. The van der Waals surface area contributed by atoms with Gasteiger partial charge < -0.3 is 4.74 Å². The first-order valence-electron chi connectivity index (χ1n) is 6.65. The molecular formula is C15H19NO3. The number of benzene rings is 1. The molecule has 1 heterocycles. The SMILES string of the molecule is COC(=O)C(=O)c1ccccc1CN1CCCCC1. The number of Topliss-reactive ketones (excluding diaryl/α,β-unsaturated/α-hetero) is 1. The highest BCUT2D eigenvalue weighted by Crippen LogP contribution is 2.16. The molecule has 1 aromatic rings. The number of likely N-dealkylation sites (tertiary alicyclic amines) is 1. The summed E-state index contributed by atoms with van der Waals surface area (Å²) in [6.07, 6.45) is 3.68. The number of ether oxygens (including phenoxy) is 1. The van der Waals surface area contributed by atoms with Crippen molar-refractivity contribution >= 4 is 11.8 Å². The predicted molar refractivity (Wildman–Crippen MR) is 71.9 cm³/mol. The van der Waals surface area contributed by atoms with Gasteiger partial charge in [-0.15, -0.1) is 0 Å². The first kappa shape index (κ1) is 13.7. The molecule has 0 aliphatic carbocycles. The third-order valence-corrected chi connectivity index (χ3v) is 3.48. The van der Waals surface area contributed by atoms with E-state index in [4.69, 9.17) is 0 Å². The fraction of sp³-hybridized carbons (Fsp3) is 0.467. The summed E-state index contributed by atoms with van der Waals surface area (Å²) in [5.41, 5.74) is 1.36. The zero-order valence-electron chi connectivity index (χ0n) is 11.2. The number of esters is 1. The minimum Gasteiger partial charge on any atom is -0.463 e. The molecule has 0 N–H and O–H groups in total. The zero-order valence-corrected chi connectivity index (χ0v) is 11.2. The molecule has 1 aliphatic rings. The van der Waals surface area contributed by atoms with Crippen LogP contribution in [0.4, 0.5) is 0 Å². The lowest BCUT2D eigenvalue weighted by Crippen LogP contribution is -2.30. The normalized spacial score (nSPS) is 16.1. The van der Waals surface area contributed by atoms with E-state index in [1.165, 1.54) is 26.4 Å². The van der Waals surface area contributed by atoms with Crippen LogP contribution in [0, 0.1) is 0 Å². The molecule has 0 atom stereocenters. The molecule has 1 fully saturated rings. The number of rotatable bonds is 4.